The lowest BCUT2D eigenvalue weighted by Crippen LogP contribution is -2.44. The normalized spacial score (nSPS) is 17.5. The highest BCUT2D eigenvalue weighted by Gasteiger charge is 2.28. The lowest BCUT2D eigenvalue weighted by molar-refractivity contribution is 0.116. The Morgan fingerprint density at radius 3 is 2.36 bits per heavy atom. The molecule has 1 aliphatic rings. The van der Waals surface area contributed by atoms with Crippen molar-refractivity contribution in [2.75, 3.05) is 54.0 Å². The van der Waals surface area contributed by atoms with Crippen molar-refractivity contribution in [3.63, 3.8) is 0 Å². The second kappa shape index (κ2) is 9.64. The molecule has 0 unspecified atom stereocenters. The molecule has 1 fully saturated rings. The minimum Gasteiger partial charge on any atom is -0.383 e. The van der Waals surface area contributed by atoms with Crippen molar-refractivity contribution in [2.45, 2.75) is 19.4 Å². The average Bonchev–Trinajstić information content (AvgIpc) is 2.62. The Morgan fingerprint density at radius 1 is 1.12 bits per heavy atom. The number of hydrogen-bond acceptors (Lipinski definition) is 4. The zero-order chi connectivity index (χ0) is 18.3. The van der Waals surface area contributed by atoms with Crippen LogP contribution in [-0.2, 0) is 21.5 Å². The lowest BCUT2D eigenvalue weighted by atomic mass is 9.97. The van der Waals surface area contributed by atoms with Gasteiger partial charge in [-0.1, -0.05) is 30.3 Å². The van der Waals surface area contributed by atoms with Crippen molar-refractivity contribution in [1.82, 2.24) is 13.5 Å². The largest absolute Gasteiger partial charge is 0.383 e. The molecule has 0 radical (unpaired) electrons. The fraction of sp³-hybridized carbons (Fsp3) is 0.667. The number of hydrogen-bond donors (Lipinski definition) is 0. The Kier molecular flexibility index (Phi) is 7.83. The van der Waals surface area contributed by atoms with Crippen molar-refractivity contribution in [3.8, 4) is 0 Å². The maximum absolute atomic E-state index is 12.7. The van der Waals surface area contributed by atoms with Gasteiger partial charge in [-0.2, -0.15) is 17.0 Å². The molecule has 0 spiro atoms. The Hall–Kier alpha value is -0.990. The summed E-state index contributed by atoms with van der Waals surface area (Å²) in [4.78, 5) is 2.38. The first kappa shape index (κ1) is 20.3. The molecule has 0 N–H and O–H groups in total. The number of rotatable bonds is 9. The topological polar surface area (TPSA) is 53.1 Å². The van der Waals surface area contributed by atoms with Gasteiger partial charge in [0.05, 0.1) is 6.61 Å². The summed E-state index contributed by atoms with van der Waals surface area (Å²) in [6.07, 6.45) is 2.07. The van der Waals surface area contributed by atoms with Crippen LogP contribution < -0.4 is 0 Å². The average molecular weight is 370 g/mol. The van der Waals surface area contributed by atoms with Crippen LogP contribution in [0.3, 0.4) is 0 Å². The van der Waals surface area contributed by atoms with Gasteiger partial charge in [-0.25, -0.2) is 0 Å². The van der Waals surface area contributed by atoms with Crippen molar-refractivity contribution in [2.24, 2.45) is 5.92 Å². The van der Waals surface area contributed by atoms with Gasteiger partial charge in [-0.15, -0.1) is 0 Å². The van der Waals surface area contributed by atoms with E-state index in [9.17, 15) is 8.42 Å². The fourth-order valence-corrected chi connectivity index (χ4v) is 4.42. The molecular formula is C18H31N3O3S. The summed E-state index contributed by atoms with van der Waals surface area (Å²) in [5, 5.41) is 0. The molecule has 2 rings (SSSR count). The standard InChI is InChI=1S/C18H31N3O3S/c1-19(15-17-7-5-4-6-8-17)25(22,23)20(2)16-18-9-11-21(12-10-18)13-14-24-3/h4-8,18H,9-16H2,1-3H3. The van der Waals surface area contributed by atoms with Gasteiger partial charge >= 0.3 is 0 Å². The van der Waals surface area contributed by atoms with Crippen LogP contribution in [0, 0.1) is 5.92 Å². The summed E-state index contributed by atoms with van der Waals surface area (Å²) in [6, 6.07) is 9.68. The van der Waals surface area contributed by atoms with Crippen molar-refractivity contribution in [1.29, 1.82) is 0 Å². The number of likely N-dealkylation sites (tertiary alicyclic amines) is 1. The summed E-state index contributed by atoms with van der Waals surface area (Å²) >= 11 is 0. The predicted octanol–water partition coefficient (Wildman–Crippen LogP) is 1.65. The molecule has 1 aromatic rings. The van der Waals surface area contributed by atoms with Crippen LogP contribution in [0.4, 0.5) is 0 Å². The first-order valence-corrected chi connectivity index (χ1v) is 10.3. The maximum atomic E-state index is 12.7. The highest BCUT2D eigenvalue weighted by Crippen LogP contribution is 2.20. The van der Waals surface area contributed by atoms with Crippen LogP contribution >= 0.6 is 0 Å². The van der Waals surface area contributed by atoms with E-state index in [1.54, 1.807) is 21.2 Å². The van der Waals surface area contributed by atoms with E-state index in [2.05, 4.69) is 4.90 Å². The van der Waals surface area contributed by atoms with E-state index in [1.165, 1.54) is 8.61 Å². The maximum Gasteiger partial charge on any atom is 0.281 e. The molecule has 142 valence electrons. The van der Waals surface area contributed by atoms with Gasteiger partial charge in [0, 0.05) is 40.8 Å². The van der Waals surface area contributed by atoms with Gasteiger partial charge in [0.15, 0.2) is 0 Å². The Bertz CT molecular complexity index is 601. The third-order valence-electron chi connectivity index (χ3n) is 4.87. The number of piperidine rings is 1. The van der Waals surface area contributed by atoms with Gasteiger partial charge < -0.3 is 9.64 Å². The number of ether oxygens (including phenoxy) is 1. The van der Waals surface area contributed by atoms with E-state index in [4.69, 9.17) is 4.74 Å². The molecule has 25 heavy (non-hydrogen) atoms. The second-order valence-electron chi connectivity index (χ2n) is 6.81. The van der Waals surface area contributed by atoms with Crippen LogP contribution in [0.5, 0.6) is 0 Å². The lowest BCUT2D eigenvalue weighted by Gasteiger charge is -2.34. The van der Waals surface area contributed by atoms with Crippen LogP contribution in [0.15, 0.2) is 30.3 Å². The summed E-state index contributed by atoms with van der Waals surface area (Å²) in [5.41, 5.74) is 0.994. The molecule has 7 heteroatoms. The van der Waals surface area contributed by atoms with Gasteiger partial charge in [-0.3, -0.25) is 0 Å². The highest BCUT2D eigenvalue weighted by atomic mass is 32.2. The summed E-state index contributed by atoms with van der Waals surface area (Å²) < 4.78 is 33.5. The molecule has 0 bridgehead atoms. The quantitative estimate of drug-likeness (QED) is 0.664. The van der Waals surface area contributed by atoms with Crippen LogP contribution in [0.1, 0.15) is 18.4 Å². The zero-order valence-electron chi connectivity index (χ0n) is 15.6. The van der Waals surface area contributed by atoms with E-state index in [1.807, 2.05) is 30.3 Å². The molecule has 0 saturated carbocycles. The molecule has 1 aromatic carbocycles. The second-order valence-corrected chi connectivity index (χ2v) is 8.95. The molecule has 1 heterocycles. The van der Waals surface area contributed by atoms with Crippen molar-refractivity contribution >= 4 is 10.2 Å². The fourth-order valence-electron chi connectivity index (χ4n) is 3.23. The minimum absolute atomic E-state index is 0.392. The monoisotopic (exact) mass is 369 g/mol. The predicted molar refractivity (Wildman–Crippen MR) is 100 cm³/mol. The Morgan fingerprint density at radius 2 is 1.76 bits per heavy atom. The summed E-state index contributed by atoms with van der Waals surface area (Å²) in [5.74, 6) is 0.420. The van der Waals surface area contributed by atoms with Gasteiger partial charge in [-0.05, 0) is 37.4 Å². The molecule has 0 atom stereocenters. The van der Waals surface area contributed by atoms with Gasteiger partial charge in [0.25, 0.3) is 10.2 Å². The third kappa shape index (κ3) is 6.04. The van der Waals surface area contributed by atoms with Crippen LogP contribution in [0.25, 0.3) is 0 Å². The molecule has 6 nitrogen and oxygen atoms in total. The zero-order valence-corrected chi connectivity index (χ0v) is 16.4. The first-order valence-electron chi connectivity index (χ1n) is 8.86. The van der Waals surface area contributed by atoms with Crippen LogP contribution in [-0.4, -0.2) is 75.9 Å². The summed E-state index contributed by atoms with van der Waals surface area (Å²) in [7, 11) is 1.62. The van der Waals surface area contributed by atoms with E-state index in [-0.39, 0.29) is 0 Å². The molecule has 0 amide bonds. The molecule has 0 aromatic heterocycles. The van der Waals surface area contributed by atoms with E-state index >= 15 is 0 Å². The van der Waals surface area contributed by atoms with Crippen molar-refractivity contribution in [3.05, 3.63) is 35.9 Å². The molecular weight excluding hydrogens is 338 g/mol. The highest BCUT2D eigenvalue weighted by molar-refractivity contribution is 7.86. The molecule has 1 saturated heterocycles. The third-order valence-corrected chi connectivity index (χ3v) is 6.72. The minimum atomic E-state index is -3.43. The van der Waals surface area contributed by atoms with E-state index < -0.39 is 10.2 Å². The SMILES string of the molecule is COCCN1CCC(CN(C)S(=O)(=O)N(C)Cc2ccccc2)CC1. The smallest absolute Gasteiger partial charge is 0.281 e. The number of nitrogens with zero attached hydrogens (tertiary/aromatic N) is 3. The Labute approximate surface area is 152 Å². The van der Waals surface area contributed by atoms with Crippen molar-refractivity contribution < 1.29 is 13.2 Å². The molecule has 0 aliphatic carbocycles. The van der Waals surface area contributed by atoms with E-state index in [0.29, 0.717) is 19.0 Å². The van der Waals surface area contributed by atoms with Crippen LogP contribution in [0.2, 0.25) is 0 Å². The van der Waals surface area contributed by atoms with E-state index in [0.717, 1.165) is 44.6 Å². The number of benzene rings is 1. The van der Waals surface area contributed by atoms with Gasteiger partial charge in [0.1, 0.15) is 0 Å². The number of methoxy groups -OCH3 is 1. The molecule has 1 aliphatic heterocycles. The Balaban J connectivity index is 1.83. The summed E-state index contributed by atoms with van der Waals surface area (Å²) in [6.45, 7) is 4.71. The first-order chi connectivity index (χ1) is 11.9. The van der Waals surface area contributed by atoms with Gasteiger partial charge in [0.2, 0.25) is 0 Å².